The molecule has 166 valence electrons. The third-order valence-corrected chi connectivity index (χ3v) is 7.12. The van der Waals surface area contributed by atoms with E-state index in [2.05, 4.69) is 90.3 Å². The normalized spacial score (nSPS) is 11.0. The van der Waals surface area contributed by atoms with Crippen LogP contribution >= 0.6 is 33.9 Å². The summed E-state index contributed by atoms with van der Waals surface area (Å²) >= 11 is 3.88. The number of likely N-dealkylation sites (N-methyl/N-ethyl adjacent to an activating group) is 1. The minimum atomic E-state index is 0. The lowest BCUT2D eigenvalue weighted by Gasteiger charge is -2.22. The van der Waals surface area contributed by atoms with Crippen molar-refractivity contribution >= 4 is 50.4 Å². The van der Waals surface area contributed by atoms with Gasteiger partial charge in [0.15, 0.2) is 0 Å². The van der Waals surface area contributed by atoms with Crippen LogP contribution in [0.15, 0.2) is 82.6 Å². The van der Waals surface area contributed by atoms with E-state index in [1.807, 2.05) is 47.8 Å². The van der Waals surface area contributed by atoms with Crippen LogP contribution in [0.2, 0.25) is 0 Å². The number of benzene rings is 2. The summed E-state index contributed by atoms with van der Waals surface area (Å²) in [5.41, 5.74) is 4.03. The Hall–Kier alpha value is -2.11. The van der Waals surface area contributed by atoms with Crippen molar-refractivity contribution < 1.29 is 21.5 Å². The highest BCUT2D eigenvalue weighted by atomic mass is 127. The Kier molecular flexibility index (Phi) is 8.94. The number of thiazole rings is 1. The molecule has 0 fully saturated rings. The maximum atomic E-state index is 4.56. The summed E-state index contributed by atoms with van der Waals surface area (Å²) < 4.78 is 5.62. The average Bonchev–Trinajstić information content (AvgIpc) is 3.41. The number of halogens is 2. The van der Waals surface area contributed by atoms with Crippen molar-refractivity contribution in [3.63, 3.8) is 0 Å². The molecule has 0 unspecified atom stereocenters. The lowest BCUT2D eigenvalue weighted by Crippen LogP contribution is -3.00. The number of rotatable bonds is 8. The van der Waals surface area contributed by atoms with Gasteiger partial charge in [-0.15, -0.1) is 21.6 Å². The highest BCUT2D eigenvalue weighted by Gasteiger charge is 2.12. The van der Waals surface area contributed by atoms with Crippen LogP contribution in [-0.4, -0.2) is 22.6 Å². The number of hydrogen-bond donors (Lipinski definition) is 0. The van der Waals surface area contributed by atoms with E-state index in [4.69, 9.17) is 0 Å². The molecule has 0 N–H and O–H groups in total. The van der Waals surface area contributed by atoms with E-state index >= 15 is 0 Å². The minimum Gasteiger partial charge on any atom is -1.00 e. The number of anilines is 1. The number of nitrogens with zero attached hydrogens (tertiary/aromatic N) is 6. The van der Waals surface area contributed by atoms with Crippen LogP contribution in [0.25, 0.3) is 11.3 Å². The van der Waals surface area contributed by atoms with Gasteiger partial charge in [-0.05, 0) is 31.2 Å². The first-order valence-corrected chi connectivity index (χ1v) is 12.1. The Labute approximate surface area is 216 Å². The summed E-state index contributed by atoms with van der Waals surface area (Å²) in [7, 11) is 2.07. The molecule has 0 radical (unpaired) electrons. The zero-order valence-corrected chi connectivity index (χ0v) is 22.5. The SMILES string of the molecule is CCN(CCn1cc[n+](C)c1I)c1ccc(N=Nc2nc(-c3ccccc3)cs2)cc1.[Br-]. The molecule has 0 saturated heterocycles. The van der Waals surface area contributed by atoms with Crippen molar-refractivity contribution in [2.45, 2.75) is 13.5 Å². The van der Waals surface area contributed by atoms with Gasteiger partial charge in [-0.2, -0.15) is 0 Å². The summed E-state index contributed by atoms with van der Waals surface area (Å²) in [5, 5.41) is 11.4. The number of azo groups is 1. The molecule has 0 aliphatic heterocycles. The molecule has 32 heavy (non-hydrogen) atoms. The van der Waals surface area contributed by atoms with Crippen molar-refractivity contribution in [1.82, 2.24) is 9.55 Å². The van der Waals surface area contributed by atoms with Crippen molar-refractivity contribution in [3.8, 4) is 11.3 Å². The van der Waals surface area contributed by atoms with Gasteiger partial charge < -0.3 is 21.9 Å². The fourth-order valence-corrected chi connectivity index (χ4v) is 4.46. The maximum Gasteiger partial charge on any atom is 0.317 e. The molecule has 0 bridgehead atoms. The fourth-order valence-electron chi connectivity index (χ4n) is 3.25. The molecule has 0 spiro atoms. The van der Waals surface area contributed by atoms with Gasteiger partial charge >= 0.3 is 3.83 Å². The molecule has 0 saturated carbocycles. The van der Waals surface area contributed by atoms with Gasteiger partial charge in [0, 0.05) is 23.2 Å². The van der Waals surface area contributed by atoms with E-state index in [1.54, 1.807) is 0 Å². The van der Waals surface area contributed by atoms with Crippen LogP contribution < -0.4 is 26.4 Å². The van der Waals surface area contributed by atoms with Gasteiger partial charge in [-0.25, -0.2) is 14.1 Å². The summed E-state index contributed by atoms with van der Waals surface area (Å²) in [5.74, 6) is 0. The molecule has 4 aromatic rings. The van der Waals surface area contributed by atoms with Crippen LogP contribution in [0.5, 0.6) is 0 Å². The van der Waals surface area contributed by atoms with Crippen LogP contribution in [0, 0.1) is 3.83 Å². The molecule has 2 aromatic carbocycles. The number of imidazole rings is 1. The topological polar surface area (TPSA) is 49.7 Å². The van der Waals surface area contributed by atoms with E-state index < -0.39 is 0 Å². The van der Waals surface area contributed by atoms with E-state index in [1.165, 1.54) is 20.9 Å². The molecule has 2 heterocycles. The van der Waals surface area contributed by atoms with Gasteiger partial charge in [0.2, 0.25) is 5.13 Å². The van der Waals surface area contributed by atoms with Crippen molar-refractivity contribution in [2.24, 2.45) is 17.3 Å². The van der Waals surface area contributed by atoms with Crippen molar-refractivity contribution in [3.05, 3.63) is 76.2 Å². The number of hydrogen-bond acceptors (Lipinski definition) is 5. The Morgan fingerprint density at radius 2 is 1.84 bits per heavy atom. The van der Waals surface area contributed by atoms with Crippen molar-refractivity contribution in [1.29, 1.82) is 0 Å². The molecule has 6 nitrogen and oxygen atoms in total. The second kappa shape index (κ2) is 11.7. The highest BCUT2D eigenvalue weighted by molar-refractivity contribution is 14.1. The molecular weight excluding hydrogens is 599 g/mol. The smallest absolute Gasteiger partial charge is 0.317 e. The van der Waals surface area contributed by atoms with Crippen LogP contribution in [0.1, 0.15) is 6.92 Å². The first-order valence-electron chi connectivity index (χ1n) is 10.1. The van der Waals surface area contributed by atoms with Gasteiger partial charge in [0.05, 0.1) is 47.6 Å². The average molecular weight is 623 g/mol. The standard InChI is InChI=1S/C23H24IN6S.BrH/c1-3-29(15-16-30-14-13-28(2)22(30)24)20-11-9-19(10-12-20)26-27-23-25-21(17-31-23)18-7-5-4-6-8-18;/h4-14,17H,3,15-16H2,1-2H3;1H/q+1;/p-1. The minimum absolute atomic E-state index is 0. The lowest BCUT2D eigenvalue weighted by molar-refractivity contribution is -0.684. The Bertz CT molecular complexity index is 1160. The first kappa shape index (κ1) is 24.5. The van der Waals surface area contributed by atoms with Crippen LogP contribution in [-0.2, 0) is 13.6 Å². The zero-order chi connectivity index (χ0) is 21.6. The predicted molar refractivity (Wildman–Crippen MR) is 134 cm³/mol. The predicted octanol–water partition coefficient (Wildman–Crippen LogP) is 2.99. The zero-order valence-electron chi connectivity index (χ0n) is 17.9. The van der Waals surface area contributed by atoms with E-state index in [-0.39, 0.29) is 17.0 Å². The van der Waals surface area contributed by atoms with E-state index in [0.717, 1.165) is 36.6 Å². The molecule has 9 heteroatoms. The monoisotopic (exact) mass is 622 g/mol. The Morgan fingerprint density at radius 1 is 1.09 bits per heavy atom. The van der Waals surface area contributed by atoms with Gasteiger partial charge in [-0.1, -0.05) is 30.3 Å². The third-order valence-electron chi connectivity index (χ3n) is 5.02. The molecular formula is C23H24BrIN6S. The second-order valence-corrected chi connectivity index (χ2v) is 8.85. The van der Waals surface area contributed by atoms with Crippen LogP contribution in [0.3, 0.4) is 0 Å². The van der Waals surface area contributed by atoms with Crippen LogP contribution in [0.4, 0.5) is 16.5 Å². The Morgan fingerprint density at radius 3 is 2.50 bits per heavy atom. The quantitative estimate of drug-likeness (QED) is 0.172. The van der Waals surface area contributed by atoms with Gasteiger partial charge in [0.1, 0.15) is 18.9 Å². The number of aryl methyl sites for hydroxylation is 1. The fraction of sp³-hybridized carbons (Fsp3) is 0.217. The van der Waals surface area contributed by atoms with Crippen molar-refractivity contribution in [2.75, 3.05) is 18.0 Å². The number of aromatic nitrogens is 3. The van der Waals surface area contributed by atoms with Gasteiger partial charge in [0.25, 0.3) is 0 Å². The first-order chi connectivity index (χ1) is 15.1. The molecule has 0 amide bonds. The van der Waals surface area contributed by atoms with E-state index in [0.29, 0.717) is 5.13 Å². The molecule has 4 rings (SSSR count). The third kappa shape index (κ3) is 6.02. The largest absolute Gasteiger partial charge is 1.00 e. The highest BCUT2D eigenvalue weighted by Crippen LogP contribution is 2.28. The maximum absolute atomic E-state index is 4.56. The van der Waals surface area contributed by atoms with Gasteiger partial charge in [-0.3, -0.25) is 0 Å². The lowest BCUT2D eigenvalue weighted by atomic mass is 10.2. The molecule has 0 atom stereocenters. The molecule has 2 aromatic heterocycles. The summed E-state index contributed by atoms with van der Waals surface area (Å²) in [6.07, 6.45) is 4.21. The summed E-state index contributed by atoms with van der Waals surface area (Å²) in [6, 6.07) is 18.3. The van der Waals surface area contributed by atoms with E-state index in [9.17, 15) is 0 Å². The second-order valence-electron chi connectivity index (χ2n) is 7.05. The summed E-state index contributed by atoms with van der Waals surface area (Å²) in [4.78, 5) is 6.93. The Balaban J connectivity index is 0.00000289. The molecule has 0 aliphatic carbocycles. The summed E-state index contributed by atoms with van der Waals surface area (Å²) in [6.45, 7) is 5.03. The molecule has 0 aliphatic rings.